The van der Waals surface area contributed by atoms with Gasteiger partial charge in [-0.25, -0.2) is 4.79 Å². The van der Waals surface area contributed by atoms with Crippen LogP contribution in [0.15, 0.2) is 42.5 Å². The molecule has 0 amide bonds. The van der Waals surface area contributed by atoms with Crippen LogP contribution in [0.1, 0.15) is 31.0 Å². The Balaban J connectivity index is 0.00000420. The highest BCUT2D eigenvalue weighted by Gasteiger charge is 2.22. The molecule has 9 heteroatoms. The molecule has 2 aromatic carbocycles. The predicted molar refractivity (Wildman–Crippen MR) is 113 cm³/mol. The monoisotopic (exact) mass is 423 g/mol. The van der Waals surface area contributed by atoms with Crippen LogP contribution >= 0.6 is 12.4 Å². The molecule has 2 rings (SSSR count). The molecular formula is C20H26ClN3O5. The molecule has 0 aliphatic rings. The van der Waals surface area contributed by atoms with Gasteiger partial charge in [0.05, 0.1) is 13.2 Å². The molecule has 0 saturated carbocycles. The van der Waals surface area contributed by atoms with Gasteiger partial charge in [-0.2, -0.15) is 0 Å². The van der Waals surface area contributed by atoms with Crippen LogP contribution in [0.4, 0.5) is 5.69 Å². The first-order valence-electron chi connectivity index (χ1n) is 8.83. The minimum absolute atomic E-state index is 0. The third-order valence-corrected chi connectivity index (χ3v) is 3.94. The van der Waals surface area contributed by atoms with E-state index in [9.17, 15) is 15.0 Å². The molecule has 158 valence electrons. The second kappa shape index (κ2) is 11.1. The first kappa shape index (κ1) is 24.1. The number of halogens is 1. The second-order valence-corrected chi connectivity index (χ2v) is 6.16. The molecule has 0 fully saturated rings. The highest BCUT2D eigenvalue weighted by atomic mass is 35.5. The number of aliphatic hydroxyl groups excluding tert-OH is 1. The number of carboxylic acid groups (broad SMARTS) is 1. The number of nitrogens with one attached hydrogen (secondary N) is 2. The maximum atomic E-state index is 11.8. The zero-order valence-corrected chi connectivity index (χ0v) is 17.0. The summed E-state index contributed by atoms with van der Waals surface area (Å²) >= 11 is 0. The van der Waals surface area contributed by atoms with E-state index < -0.39 is 18.1 Å². The van der Waals surface area contributed by atoms with Crippen molar-refractivity contribution in [3.63, 3.8) is 0 Å². The zero-order valence-electron chi connectivity index (χ0n) is 16.2. The third-order valence-electron chi connectivity index (χ3n) is 3.94. The minimum atomic E-state index is -1.06. The maximum absolute atomic E-state index is 11.8. The molecule has 6 N–H and O–H groups in total. The molecule has 0 radical (unpaired) electrons. The molecule has 0 spiro atoms. The lowest BCUT2D eigenvalue weighted by Crippen LogP contribution is -2.21. The van der Waals surface area contributed by atoms with E-state index in [-0.39, 0.29) is 24.8 Å². The van der Waals surface area contributed by atoms with E-state index in [4.69, 9.17) is 20.6 Å². The van der Waals surface area contributed by atoms with Crippen molar-refractivity contribution in [1.82, 2.24) is 0 Å². The Morgan fingerprint density at radius 1 is 1.21 bits per heavy atom. The van der Waals surface area contributed by atoms with Crippen molar-refractivity contribution in [2.75, 3.05) is 18.5 Å². The number of nitrogen functional groups attached to an aromatic ring is 1. The number of carboxylic acids is 1. The lowest BCUT2D eigenvalue weighted by atomic mass is 10.1. The van der Waals surface area contributed by atoms with Crippen molar-refractivity contribution in [3.8, 4) is 11.5 Å². The maximum Gasteiger partial charge on any atom is 0.330 e. The number of amidine groups is 1. The predicted octanol–water partition coefficient (Wildman–Crippen LogP) is 2.79. The summed E-state index contributed by atoms with van der Waals surface area (Å²) in [6, 6.07) is 10.5. The normalized spacial score (nSPS) is 12.2. The third kappa shape index (κ3) is 6.55. The molecule has 0 heterocycles. The molecule has 0 aliphatic heterocycles. The molecule has 2 aromatic rings. The number of hydrogen-bond donors (Lipinski definition) is 5. The van der Waals surface area contributed by atoms with Crippen molar-refractivity contribution in [3.05, 3.63) is 53.6 Å². The largest absolute Gasteiger partial charge is 0.490 e. The quantitative estimate of drug-likeness (QED) is 0.292. The Morgan fingerprint density at radius 3 is 2.38 bits per heavy atom. The minimum Gasteiger partial charge on any atom is -0.490 e. The van der Waals surface area contributed by atoms with Gasteiger partial charge in [-0.3, -0.25) is 5.41 Å². The fourth-order valence-corrected chi connectivity index (χ4v) is 2.52. The van der Waals surface area contributed by atoms with Crippen LogP contribution in [-0.2, 0) is 4.79 Å². The van der Waals surface area contributed by atoms with Crippen LogP contribution in [-0.4, -0.2) is 41.3 Å². The first-order chi connectivity index (χ1) is 13.3. The Labute approximate surface area is 175 Å². The standard InChI is InChI=1S/C20H25N3O5.ClH/c1-3-27-17-10-14(6-9-16(17)28-12(2)11-24)18(20(25)26)23-15-7-4-13(5-8-15)19(21)22;/h4-10,12,18,23-24H,3,11H2,1-2H3,(H3,21,22)(H,25,26);1H. The van der Waals surface area contributed by atoms with E-state index in [0.29, 0.717) is 34.9 Å². The molecule has 8 nitrogen and oxygen atoms in total. The summed E-state index contributed by atoms with van der Waals surface area (Å²) in [5.41, 5.74) is 7.04. The summed E-state index contributed by atoms with van der Waals surface area (Å²) in [5, 5.41) is 29.2. The lowest BCUT2D eigenvalue weighted by molar-refractivity contribution is -0.138. The van der Waals surface area contributed by atoms with Crippen LogP contribution < -0.4 is 20.5 Å². The van der Waals surface area contributed by atoms with Gasteiger partial charge in [-0.1, -0.05) is 6.07 Å². The van der Waals surface area contributed by atoms with Gasteiger partial charge in [0.1, 0.15) is 11.9 Å². The van der Waals surface area contributed by atoms with Crippen LogP contribution in [0.3, 0.4) is 0 Å². The fourth-order valence-electron chi connectivity index (χ4n) is 2.52. The highest BCUT2D eigenvalue weighted by molar-refractivity contribution is 5.95. The summed E-state index contributed by atoms with van der Waals surface area (Å²) in [5.74, 6) is -0.284. The molecule has 29 heavy (non-hydrogen) atoms. The van der Waals surface area contributed by atoms with E-state index in [1.165, 1.54) is 0 Å². The van der Waals surface area contributed by atoms with Crippen molar-refractivity contribution in [2.45, 2.75) is 26.0 Å². The Morgan fingerprint density at radius 2 is 1.86 bits per heavy atom. The van der Waals surface area contributed by atoms with E-state index >= 15 is 0 Å². The van der Waals surface area contributed by atoms with E-state index in [1.54, 1.807) is 49.4 Å². The van der Waals surface area contributed by atoms with Gasteiger partial charge in [0.25, 0.3) is 0 Å². The number of benzene rings is 2. The van der Waals surface area contributed by atoms with Crippen LogP contribution in [0, 0.1) is 5.41 Å². The van der Waals surface area contributed by atoms with Crippen molar-refractivity contribution in [1.29, 1.82) is 5.41 Å². The summed E-state index contributed by atoms with van der Waals surface area (Å²) in [4.78, 5) is 11.8. The summed E-state index contributed by atoms with van der Waals surface area (Å²) in [7, 11) is 0. The smallest absolute Gasteiger partial charge is 0.330 e. The first-order valence-corrected chi connectivity index (χ1v) is 8.83. The molecule has 2 unspecified atom stereocenters. The van der Waals surface area contributed by atoms with Crippen molar-refractivity contribution in [2.24, 2.45) is 5.73 Å². The van der Waals surface area contributed by atoms with E-state index in [2.05, 4.69) is 5.32 Å². The number of aliphatic carboxylic acids is 1. The molecule has 2 atom stereocenters. The van der Waals surface area contributed by atoms with Gasteiger partial charge in [0.15, 0.2) is 17.5 Å². The van der Waals surface area contributed by atoms with Gasteiger partial charge in [-0.05, 0) is 55.8 Å². The zero-order chi connectivity index (χ0) is 20.7. The average molecular weight is 424 g/mol. The summed E-state index contributed by atoms with van der Waals surface area (Å²) in [6.07, 6.45) is -0.418. The number of hydrogen-bond acceptors (Lipinski definition) is 6. The molecule has 0 aromatic heterocycles. The van der Waals surface area contributed by atoms with Gasteiger partial charge in [0, 0.05) is 11.3 Å². The SMILES string of the molecule is CCOc1cc(C(Nc2ccc(C(=N)N)cc2)C(=O)O)ccc1OC(C)CO.Cl. The number of rotatable bonds is 10. The van der Waals surface area contributed by atoms with Crippen molar-refractivity contribution >= 4 is 29.9 Å². The Kier molecular flexibility index (Phi) is 9.24. The van der Waals surface area contributed by atoms with Crippen LogP contribution in [0.25, 0.3) is 0 Å². The Bertz CT molecular complexity index is 829. The Hall–Kier alpha value is -2.97. The summed E-state index contributed by atoms with van der Waals surface area (Å²) < 4.78 is 11.2. The van der Waals surface area contributed by atoms with Crippen molar-refractivity contribution < 1.29 is 24.5 Å². The number of ether oxygens (including phenoxy) is 2. The highest BCUT2D eigenvalue weighted by Crippen LogP contribution is 2.32. The number of aliphatic hydroxyl groups is 1. The molecule has 0 bridgehead atoms. The van der Waals surface area contributed by atoms with Crippen LogP contribution in [0.5, 0.6) is 11.5 Å². The molecule has 0 aliphatic carbocycles. The number of carbonyl (C=O) groups is 1. The topological polar surface area (TPSA) is 138 Å². The lowest BCUT2D eigenvalue weighted by Gasteiger charge is -2.20. The fraction of sp³-hybridized carbons (Fsp3) is 0.300. The number of anilines is 1. The molecule has 0 saturated heterocycles. The average Bonchev–Trinajstić information content (AvgIpc) is 2.67. The molecular weight excluding hydrogens is 398 g/mol. The van der Waals surface area contributed by atoms with Gasteiger partial charge in [0.2, 0.25) is 0 Å². The van der Waals surface area contributed by atoms with Gasteiger partial charge < -0.3 is 30.7 Å². The number of nitrogens with two attached hydrogens (primary N) is 1. The van der Waals surface area contributed by atoms with E-state index in [1.807, 2.05) is 6.92 Å². The van der Waals surface area contributed by atoms with Crippen LogP contribution in [0.2, 0.25) is 0 Å². The second-order valence-electron chi connectivity index (χ2n) is 6.16. The summed E-state index contributed by atoms with van der Waals surface area (Å²) in [6.45, 7) is 3.76. The van der Waals surface area contributed by atoms with Gasteiger partial charge in [-0.15, -0.1) is 12.4 Å². The van der Waals surface area contributed by atoms with E-state index in [0.717, 1.165) is 0 Å². The van der Waals surface area contributed by atoms with Gasteiger partial charge >= 0.3 is 5.97 Å².